The van der Waals surface area contributed by atoms with Gasteiger partial charge in [-0.2, -0.15) is 8.42 Å². The third-order valence-electron chi connectivity index (χ3n) is 2.68. The van der Waals surface area contributed by atoms with Crippen molar-refractivity contribution in [1.29, 1.82) is 0 Å². The van der Waals surface area contributed by atoms with Gasteiger partial charge in [0.25, 0.3) is 0 Å². The van der Waals surface area contributed by atoms with Crippen LogP contribution in [-0.2, 0) is 10.1 Å². The van der Waals surface area contributed by atoms with E-state index < -0.39 is 16.2 Å². The van der Waals surface area contributed by atoms with Crippen molar-refractivity contribution in [1.82, 2.24) is 0 Å². The predicted octanol–water partition coefficient (Wildman–Crippen LogP) is 2.11. The molecule has 0 radical (unpaired) electrons. The average molecular weight is 272 g/mol. The number of aliphatic hydroxyl groups is 1. The molecule has 5 heteroatoms. The summed E-state index contributed by atoms with van der Waals surface area (Å²) in [7, 11) is -3.64. The van der Waals surface area contributed by atoms with Gasteiger partial charge in [0, 0.05) is 0 Å². The van der Waals surface area contributed by atoms with Crippen LogP contribution in [0.1, 0.15) is 25.8 Å². The highest BCUT2D eigenvalue weighted by atomic mass is 32.2. The highest BCUT2D eigenvalue weighted by Crippen LogP contribution is 2.15. The molecule has 18 heavy (non-hydrogen) atoms. The van der Waals surface area contributed by atoms with Crippen molar-refractivity contribution in [3.05, 3.63) is 29.8 Å². The minimum atomic E-state index is -3.64. The van der Waals surface area contributed by atoms with Crippen LogP contribution in [0.4, 0.5) is 0 Å². The molecular formula is C13H20O4S. The zero-order valence-electron chi connectivity index (χ0n) is 11.0. The Morgan fingerprint density at radius 1 is 1.22 bits per heavy atom. The van der Waals surface area contributed by atoms with Crippen molar-refractivity contribution in [2.24, 2.45) is 5.92 Å². The van der Waals surface area contributed by atoms with Gasteiger partial charge in [-0.05, 0) is 31.4 Å². The van der Waals surface area contributed by atoms with Crippen molar-refractivity contribution in [2.45, 2.75) is 33.3 Å². The summed E-state index contributed by atoms with van der Waals surface area (Å²) >= 11 is 0. The quantitative estimate of drug-likeness (QED) is 0.806. The van der Waals surface area contributed by atoms with Crippen LogP contribution in [0.15, 0.2) is 24.3 Å². The van der Waals surface area contributed by atoms with Gasteiger partial charge in [0.1, 0.15) is 5.75 Å². The van der Waals surface area contributed by atoms with Gasteiger partial charge in [-0.1, -0.05) is 31.5 Å². The Kier molecular flexibility index (Phi) is 5.16. The molecule has 0 amide bonds. The van der Waals surface area contributed by atoms with Crippen LogP contribution < -0.4 is 4.18 Å². The van der Waals surface area contributed by atoms with Crippen LogP contribution in [0.25, 0.3) is 0 Å². The molecule has 1 unspecified atom stereocenters. The molecule has 0 saturated carbocycles. The zero-order valence-corrected chi connectivity index (χ0v) is 11.8. The maximum atomic E-state index is 11.7. The Morgan fingerprint density at radius 3 is 2.28 bits per heavy atom. The fourth-order valence-electron chi connectivity index (χ4n) is 1.38. The molecule has 1 rings (SSSR count). The Morgan fingerprint density at radius 2 is 1.78 bits per heavy atom. The minimum Gasteiger partial charge on any atom is -0.393 e. The largest absolute Gasteiger partial charge is 0.393 e. The molecule has 0 aliphatic heterocycles. The van der Waals surface area contributed by atoms with Crippen LogP contribution >= 0.6 is 0 Å². The Hall–Kier alpha value is -1.07. The van der Waals surface area contributed by atoms with Crippen molar-refractivity contribution in [3.63, 3.8) is 0 Å². The van der Waals surface area contributed by atoms with E-state index in [9.17, 15) is 13.5 Å². The van der Waals surface area contributed by atoms with E-state index in [2.05, 4.69) is 0 Å². The van der Waals surface area contributed by atoms with Crippen molar-refractivity contribution in [3.8, 4) is 5.75 Å². The molecule has 102 valence electrons. The van der Waals surface area contributed by atoms with E-state index in [1.807, 2.05) is 20.8 Å². The highest BCUT2D eigenvalue weighted by molar-refractivity contribution is 7.87. The summed E-state index contributed by atoms with van der Waals surface area (Å²) in [5.74, 6) is 0.166. The average Bonchev–Trinajstić information content (AvgIpc) is 2.29. The van der Waals surface area contributed by atoms with Gasteiger partial charge in [0.05, 0.1) is 11.9 Å². The van der Waals surface area contributed by atoms with Crippen molar-refractivity contribution < 1.29 is 17.7 Å². The molecule has 1 aromatic rings. The van der Waals surface area contributed by atoms with Crippen LogP contribution in [0.2, 0.25) is 0 Å². The molecule has 0 bridgehead atoms. The molecule has 0 saturated heterocycles. The Bertz CT molecular complexity index is 462. The summed E-state index contributed by atoms with van der Waals surface area (Å²) in [4.78, 5) is 0. The number of aliphatic hydroxyl groups excluding tert-OH is 1. The lowest BCUT2D eigenvalue weighted by molar-refractivity contribution is 0.122. The smallest absolute Gasteiger partial charge is 0.309 e. The first-order chi connectivity index (χ1) is 8.30. The summed E-state index contributed by atoms with van der Waals surface area (Å²) in [6.45, 7) is 5.60. The Balaban J connectivity index is 2.57. The van der Waals surface area contributed by atoms with Crippen LogP contribution in [-0.4, -0.2) is 25.4 Å². The first kappa shape index (κ1) is 15.0. The molecule has 0 fully saturated rings. The van der Waals surface area contributed by atoms with Crippen molar-refractivity contribution >= 4 is 10.1 Å². The maximum Gasteiger partial charge on any atom is 0.309 e. The van der Waals surface area contributed by atoms with Gasteiger partial charge in [-0.15, -0.1) is 0 Å². The van der Waals surface area contributed by atoms with E-state index in [0.717, 1.165) is 5.56 Å². The second-order valence-electron chi connectivity index (χ2n) is 4.76. The van der Waals surface area contributed by atoms with Gasteiger partial charge >= 0.3 is 10.1 Å². The summed E-state index contributed by atoms with van der Waals surface area (Å²) in [6, 6.07) is 6.80. The molecule has 0 spiro atoms. The molecule has 1 aromatic carbocycles. The Labute approximate surface area is 109 Å². The van der Waals surface area contributed by atoms with E-state index in [1.165, 1.54) is 0 Å². The first-order valence-electron chi connectivity index (χ1n) is 5.97. The van der Waals surface area contributed by atoms with E-state index in [1.54, 1.807) is 24.3 Å². The second-order valence-corrected chi connectivity index (χ2v) is 6.45. The fourth-order valence-corrected chi connectivity index (χ4v) is 2.40. The fraction of sp³-hybridized carbons (Fsp3) is 0.538. The van der Waals surface area contributed by atoms with Crippen LogP contribution in [0.5, 0.6) is 5.75 Å². The lowest BCUT2D eigenvalue weighted by atomic mass is 10.1. The maximum absolute atomic E-state index is 11.7. The van der Waals surface area contributed by atoms with E-state index >= 15 is 0 Å². The number of benzene rings is 1. The number of rotatable bonds is 6. The summed E-state index contributed by atoms with van der Waals surface area (Å²) < 4.78 is 28.3. The molecule has 1 N–H and O–H groups in total. The first-order valence-corrected chi connectivity index (χ1v) is 7.55. The van der Waals surface area contributed by atoms with Crippen LogP contribution in [0, 0.1) is 12.8 Å². The second kappa shape index (κ2) is 6.20. The van der Waals surface area contributed by atoms with Gasteiger partial charge in [-0.3, -0.25) is 0 Å². The van der Waals surface area contributed by atoms with Gasteiger partial charge in [-0.25, -0.2) is 0 Å². The van der Waals surface area contributed by atoms with Gasteiger partial charge in [0.15, 0.2) is 0 Å². The summed E-state index contributed by atoms with van der Waals surface area (Å²) in [5.41, 5.74) is 1.04. The monoisotopic (exact) mass is 272 g/mol. The molecule has 0 aromatic heterocycles. The highest BCUT2D eigenvalue weighted by Gasteiger charge is 2.17. The number of hydrogen-bond acceptors (Lipinski definition) is 4. The topological polar surface area (TPSA) is 63.6 Å². The van der Waals surface area contributed by atoms with E-state index in [0.29, 0.717) is 5.75 Å². The summed E-state index contributed by atoms with van der Waals surface area (Å²) in [5, 5.41) is 9.57. The minimum absolute atomic E-state index is 0.0413. The molecular weight excluding hydrogens is 252 g/mol. The number of aryl methyl sites for hydroxylation is 1. The predicted molar refractivity (Wildman–Crippen MR) is 71.1 cm³/mol. The third-order valence-corrected chi connectivity index (χ3v) is 3.86. The molecule has 1 atom stereocenters. The van der Waals surface area contributed by atoms with Crippen LogP contribution in [0.3, 0.4) is 0 Å². The molecule has 4 nitrogen and oxygen atoms in total. The normalized spacial score (nSPS) is 13.6. The number of hydrogen-bond donors (Lipinski definition) is 1. The zero-order chi connectivity index (χ0) is 13.8. The van der Waals surface area contributed by atoms with Gasteiger partial charge < -0.3 is 9.29 Å². The molecule has 0 heterocycles. The van der Waals surface area contributed by atoms with E-state index in [-0.39, 0.29) is 18.1 Å². The lowest BCUT2D eigenvalue weighted by Gasteiger charge is -2.14. The van der Waals surface area contributed by atoms with Crippen molar-refractivity contribution in [2.75, 3.05) is 5.75 Å². The lowest BCUT2D eigenvalue weighted by Crippen LogP contribution is -2.22. The molecule has 0 aliphatic carbocycles. The van der Waals surface area contributed by atoms with Gasteiger partial charge in [0.2, 0.25) is 0 Å². The molecule has 0 aliphatic rings. The SMILES string of the molecule is Cc1ccc(OS(=O)(=O)CCC(O)C(C)C)cc1. The standard InChI is InChI=1S/C13H20O4S/c1-10(2)13(14)8-9-18(15,16)17-12-6-4-11(3)5-7-12/h4-7,10,13-14H,8-9H2,1-3H3. The summed E-state index contributed by atoms with van der Waals surface area (Å²) in [6.07, 6.45) is -0.437. The van der Waals surface area contributed by atoms with E-state index in [4.69, 9.17) is 4.18 Å². The third kappa shape index (κ3) is 5.06.